The Morgan fingerprint density at radius 3 is 2.45 bits per heavy atom. The van der Waals surface area contributed by atoms with E-state index in [1.807, 2.05) is 0 Å². The molecule has 2 bridgehead atoms. The number of halogens is 4. The summed E-state index contributed by atoms with van der Waals surface area (Å²) >= 11 is 1.14. The van der Waals surface area contributed by atoms with Gasteiger partial charge in [-0.2, -0.15) is 0 Å². The Hall–Kier alpha value is -2.27. The van der Waals surface area contributed by atoms with Crippen molar-refractivity contribution in [3.05, 3.63) is 53.5 Å². The predicted molar refractivity (Wildman–Crippen MR) is 145 cm³/mol. The molecule has 3 fully saturated rings. The number of aromatic nitrogens is 2. The molecular weight excluding hydrogens is 637 g/mol. The van der Waals surface area contributed by atoms with Gasteiger partial charge in [0.1, 0.15) is 32.8 Å². The summed E-state index contributed by atoms with van der Waals surface area (Å²) in [7, 11) is -4.82. The fraction of sp³-hybridized carbons (Fsp3) is 0.429. The molecule has 0 N–H and O–H groups in total. The van der Waals surface area contributed by atoms with Gasteiger partial charge in [0.15, 0.2) is 10.9 Å². The van der Waals surface area contributed by atoms with E-state index in [-0.39, 0.29) is 87.5 Å². The van der Waals surface area contributed by atoms with Crippen LogP contribution < -0.4 is 39.2 Å². The van der Waals surface area contributed by atoms with Gasteiger partial charge in [0, 0.05) is 29.1 Å². The van der Waals surface area contributed by atoms with Gasteiger partial charge in [-0.3, -0.25) is 0 Å². The van der Waals surface area contributed by atoms with Crippen LogP contribution in [0.5, 0.6) is 5.75 Å². The predicted octanol–water partition coefficient (Wildman–Crippen LogP) is 3.49. The smallest absolute Gasteiger partial charge is 0.744 e. The van der Waals surface area contributed by atoms with Crippen molar-refractivity contribution in [2.75, 3.05) is 4.90 Å². The van der Waals surface area contributed by atoms with Crippen molar-refractivity contribution in [2.24, 2.45) is 0 Å². The van der Waals surface area contributed by atoms with E-state index in [1.165, 1.54) is 18.2 Å². The Kier molecular flexibility index (Phi) is 8.52. The molecule has 16 heteroatoms. The molecule has 0 amide bonds. The van der Waals surface area contributed by atoms with Gasteiger partial charge in [0.05, 0.1) is 22.3 Å². The van der Waals surface area contributed by atoms with Crippen molar-refractivity contribution in [3.8, 4) is 17.0 Å². The molecule has 7 rings (SSSR count). The van der Waals surface area contributed by atoms with E-state index in [1.54, 1.807) is 6.07 Å². The second-order valence-electron chi connectivity index (χ2n) is 11.1. The maximum Gasteiger partial charge on any atom is 1.00 e. The fourth-order valence-corrected chi connectivity index (χ4v) is 7.95. The van der Waals surface area contributed by atoms with Crippen LogP contribution in [0.4, 0.5) is 22.7 Å². The Balaban J connectivity index is 0.00000343. The molecule has 9 nitrogen and oxygen atoms in total. The number of benzene rings is 2. The Bertz CT molecular complexity index is 1800. The van der Waals surface area contributed by atoms with E-state index < -0.39 is 27.2 Å². The molecule has 0 radical (unpaired) electrons. The van der Waals surface area contributed by atoms with Gasteiger partial charge >= 0.3 is 35.9 Å². The van der Waals surface area contributed by atoms with Crippen molar-refractivity contribution in [3.63, 3.8) is 0 Å². The van der Waals surface area contributed by atoms with Crippen LogP contribution in [0.25, 0.3) is 21.5 Å². The summed E-state index contributed by atoms with van der Waals surface area (Å²) in [5.41, 5.74) is 1.06. The zero-order valence-corrected chi connectivity index (χ0v) is 27.0. The number of hydrogen-bond acceptors (Lipinski definition) is 10. The first kappa shape index (κ1) is 31.7. The average Bonchev–Trinajstić information content (AvgIpc) is 3.44. The summed E-state index contributed by atoms with van der Waals surface area (Å²) in [6.45, 7) is 0.105. The molecule has 1 aliphatic carbocycles. The van der Waals surface area contributed by atoms with Crippen LogP contribution >= 0.6 is 11.3 Å². The first-order valence-electron chi connectivity index (χ1n) is 13.7. The minimum absolute atomic E-state index is 0. The van der Waals surface area contributed by atoms with Gasteiger partial charge in [0.25, 0.3) is 0 Å². The number of anilines is 1. The molecular formula is C28H24F4N3NaO6S2. The van der Waals surface area contributed by atoms with Crippen LogP contribution in [-0.4, -0.2) is 47.7 Å². The van der Waals surface area contributed by atoms with Gasteiger partial charge in [-0.1, -0.05) is 28.6 Å². The number of fused-ring (bicyclic) bond motifs is 3. The van der Waals surface area contributed by atoms with Crippen molar-refractivity contribution in [2.45, 2.75) is 80.5 Å². The second-order valence-corrected chi connectivity index (χ2v) is 13.5. The molecule has 3 aliphatic rings. The van der Waals surface area contributed by atoms with Gasteiger partial charge in [-0.15, -0.1) is 13.2 Å². The maximum absolute atomic E-state index is 14.6. The molecule has 44 heavy (non-hydrogen) atoms. The monoisotopic (exact) mass is 661 g/mol. The minimum Gasteiger partial charge on any atom is -0.744 e. The molecule has 2 saturated heterocycles. The standard InChI is InChI=1S/C28H25F4N3O6S2.Na/c29-21-11-18(43(36,37)38)12-23-25(21)33-27(42-23)35-15-7-8-16(35)10-17(9-15)39-13-20-24(34-41-26(20)14-5-6-14)19-3-1-2-4-22(19)40-28(30,31)32;/h1-4,11-12,14-17H,5-10,13H2,(H,36,37,38);/q;+1/p-1. The zero-order valence-electron chi connectivity index (χ0n) is 23.3. The van der Waals surface area contributed by atoms with E-state index in [4.69, 9.17) is 9.26 Å². The van der Waals surface area contributed by atoms with Gasteiger partial charge < -0.3 is 23.4 Å². The van der Waals surface area contributed by atoms with E-state index >= 15 is 0 Å². The number of hydrogen-bond donors (Lipinski definition) is 0. The number of thiazole rings is 1. The first-order chi connectivity index (χ1) is 20.4. The first-order valence-corrected chi connectivity index (χ1v) is 16.0. The topological polar surface area (TPSA) is 118 Å². The number of ether oxygens (including phenoxy) is 2. The van der Waals surface area contributed by atoms with E-state index in [9.17, 15) is 30.5 Å². The third kappa shape index (κ3) is 6.24. The van der Waals surface area contributed by atoms with E-state index in [0.717, 1.165) is 43.1 Å². The maximum atomic E-state index is 14.6. The largest absolute Gasteiger partial charge is 1.00 e. The minimum atomic E-state index is -4.87. The molecule has 2 aliphatic heterocycles. The Morgan fingerprint density at radius 1 is 1.09 bits per heavy atom. The zero-order chi connectivity index (χ0) is 30.1. The van der Waals surface area contributed by atoms with Crippen molar-refractivity contribution in [1.82, 2.24) is 10.1 Å². The number of para-hydroxylation sites is 1. The summed E-state index contributed by atoms with van der Waals surface area (Å²) < 4.78 is 105. The number of alkyl halides is 3. The summed E-state index contributed by atoms with van der Waals surface area (Å²) in [4.78, 5) is 5.94. The van der Waals surface area contributed by atoms with Gasteiger partial charge in [-0.25, -0.2) is 17.8 Å². The van der Waals surface area contributed by atoms with Crippen LogP contribution in [0, 0.1) is 5.82 Å². The quantitative estimate of drug-likeness (QED) is 0.159. The van der Waals surface area contributed by atoms with Crippen LogP contribution in [0.1, 0.15) is 55.8 Å². The van der Waals surface area contributed by atoms with Crippen molar-refractivity contribution in [1.29, 1.82) is 0 Å². The summed E-state index contributed by atoms with van der Waals surface area (Å²) in [6, 6.07) is 7.75. The van der Waals surface area contributed by atoms with Crippen LogP contribution in [0.15, 0.2) is 45.8 Å². The van der Waals surface area contributed by atoms with E-state index in [0.29, 0.717) is 35.4 Å². The van der Waals surface area contributed by atoms with Crippen molar-refractivity contribution >= 4 is 36.8 Å². The molecule has 1 saturated carbocycles. The average molecular weight is 662 g/mol. The summed E-state index contributed by atoms with van der Waals surface area (Å²) in [5.74, 6) is -0.470. The molecule has 228 valence electrons. The second kappa shape index (κ2) is 11.8. The van der Waals surface area contributed by atoms with Gasteiger partial charge in [-0.05, 0) is 62.8 Å². The molecule has 0 spiro atoms. The fourth-order valence-electron chi connectivity index (χ4n) is 6.20. The van der Waals surface area contributed by atoms with Crippen LogP contribution in [0.2, 0.25) is 0 Å². The third-order valence-corrected chi connectivity index (χ3v) is 10.0. The molecule has 2 aromatic heterocycles. The SMILES string of the molecule is O=S(=O)([O-])c1cc(F)c2nc(N3C4CCC3CC(OCc3c(-c5ccccc5OC(F)(F)F)noc3C3CC3)C4)sc2c1.[Na+]. The summed E-state index contributed by atoms with van der Waals surface area (Å²) in [5, 5.41) is 4.69. The normalized spacial score (nSPS) is 21.9. The number of piperidine rings is 1. The molecule has 4 heterocycles. The molecule has 2 unspecified atom stereocenters. The molecule has 2 aromatic carbocycles. The van der Waals surface area contributed by atoms with Crippen LogP contribution in [0.3, 0.4) is 0 Å². The molecule has 2 atom stereocenters. The summed E-state index contributed by atoms with van der Waals surface area (Å²) in [6.07, 6.45) is -0.230. The molecule has 4 aromatic rings. The van der Waals surface area contributed by atoms with Crippen molar-refractivity contribution < 1.29 is 74.1 Å². The Morgan fingerprint density at radius 2 is 1.80 bits per heavy atom. The number of rotatable bonds is 8. The third-order valence-electron chi connectivity index (χ3n) is 8.21. The van der Waals surface area contributed by atoms with E-state index in [2.05, 4.69) is 19.8 Å². The van der Waals surface area contributed by atoms with Crippen LogP contribution in [-0.2, 0) is 21.5 Å². The Labute approximate surface area is 275 Å². The number of nitrogens with zero attached hydrogens (tertiary/aromatic N) is 3. The van der Waals surface area contributed by atoms with Gasteiger partial charge in [0.2, 0.25) is 0 Å².